The molecule has 0 atom stereocenters. The summed E-state index contributed by atoms with van der Waals surface area (Å²) in [6, 6.07) is 0. The molecule has 1 saturated carbocycles. The summed E-state index contributed by atoms with van der Waals surface area (Å²) in [6.45, 7) is 2.29. The number of ether oxygens (including phenoxy) is 1. The Hall–Kier alpha value is -0.170. The monoisotopic (exact) mass is 276 g/mol. The van der Waals surface area contributed by atoms with Crippen LogP contribution in [0.3, 0.4) is 0 Å². The van der Waals surface area contributed by atoms with Crippen molar-refractivity contribution in [3.63, 3.8) is 0 Å². The van der Waals surface area contributed by atoms with E-state index >= 15 is 0 Å². The maximum atomic E-state index is 12.0. The molecule has 0 aromatic heterocycles. The molecule has 0 aromatic carbocycles. The van der Waals surface area contributed by atoms with Crippen LogP contribution in [0.4, 0.5) is 0 Å². The molecule has 0 amide bonds. The number of methoxy groups -OCH3 is 1. The molecule has 18 heavy (non-hydrogen) atoms. The van der Waals surface area contributed by atoms with Gasteiger partial charge < -0.3 is 10.1 Å². The molecule has 106 valence electrons. The smallest absolute Gasteiger partial charge is 0.211 e. The van der Waals surface area contributed by atoms with E-state index < -0.39 is 10.0 Å². The van der Waals surface area contributed by atoms with Crippen molar-refractivity contribution >= 4 is 10.0 Å². The third-order valence-corrected chi connectivity index (χ3v) is 5.72. The average Bonchev–Trinajstić information content (AvgIpc) is 2.29. The molecule has 2 rings (SSSR count). The average molecular weight is 276 g/mol. The maximum absolute atomic E-state index is 12.0. The molecule has 1 saturated heterocycles. The normalized spacial score (nSPS) is 24.7. The molecule has 1 aliphatic heterocycles. The minimum Gasteiger partial charge on any atom is -0.377 e. The number of hydrogen-bond donors (Lipinski definition) is 2. The highest BCUT2D eigenvalue weighted by Gasteiger charge is 2.38. The van der Waals surface area contributed by atoms with Gasteiger partial charge in [-0.1, -0.05) is 0 Å². The highest BCUT2D eigenvalue weighted by atomic mass is 32.2. The van der Waals surface area contributed by atoms with Gasteiger partial charge in [0.1, 0.15) is 0 Å². The molecular weight excluding hydrogens is 252 g/mol. The first-order chi connectivity index (χ1) is 8.55. The molecule has 0 unspecified atom stereocenters. The molecule has 0 aromatic rings. The van der Waals surface area contributed by atoms with Crippen molar-refractivity contribution in [1.29, 1.82) is 0 Å². The van der Waals surface area contributed by atoms with Crippen LogP contribution in [0.5, 0.6) is 0 Å². The Kier molecular flexibility index (Phi) is 4.64. The van der Waals surface area contributed by atoms with E-state index in [4.69, 9.17) is 4.74 Å². The van der Waals surface area contributed by atoms with Crippen LogP contribution < -0.4 is 10.0 Å². The Morgan fingerprint density at radius 1 is 1.33 bits per heavy atom. The molecule has 0 radical (unpaired) electrons. The fourth-order valence-corrected chi connectivity index (χ4v) is 4.24. The highest BCUT2D eigenvalue weighted by Crippen LogP contribution is 2.34. The molecule has 0 spiro atoms. The summed E-state index contributed by atoms with van der Waals surface area (Å²) < 4.78 is 32.2. The molecule has 2 fully saturated rings. The minimum atomic E-state index is -3.16. The van der Waals surface area contributed by atoms with Gasteiger partial charge in [-0.05, 0) is 51.1 Å². The molecule has 0 bridgehead atoms. The lowest BCUT2D eigenvalue weighted by Crippen LogP contribution is -2.50. The lowest BCUT2D eigenvalue weighted by atomic mass is 9.80. The second-order valence-electron chi connectivity index (χ2n) is 5.54. The van der Waals surface area contributed by atoms with Crippen molar-refractivity contribution in [2.75, 3.05) is 32.5 Å². The zero-order valence-corrected chi connectivity index (χ0v) is 11.9. The van der Waals surface area contributed by atoms with Gasteiger partial charge in [0.25, 0.3) is 0 Å². The van der Waals surface area contributed by atoms with Gasteiger partial charge in [-0.2, -0.15) is 0 Å². The van der Waals surface area contributed by atoms with Crippen LogP contribution in [-0.2, 0) is 14.8 Å². The van der Waals surface area contributed by atoms with Crippen molar-refractivity contribution in [2.45, 2.75) is 37.7 Å². The van der Waals surface area contributed by atoms with E-state index in [0.29, 0.717) is 12.5 Å². The number of sulfonamides is 1. The van der Waals surface area contributed by atoms with Gasteiger partial charge >= 0.3 is 0 Å². The van der Waals surface area contributed by atoms with Gasteiger partial charge in [-0.3, -0.25) is 0 Å². The van der Waals surface area contributed by atoms with E-state index in [9.17, 15) is 8.42 Å². The first-order valence-corrected chi connectivity index (χ1v) is 8.44. The van der Waals surface area contributed by atoms with E-state index in [2.05, 4.69) is 10.0 Å². The SMILES string of the molecule is COC1(CNS(=O)(=O)CC2CCNCC2)CCC1. The van der Waals surface area contributed by atoms with Crippen LogP contribution in [0.2, 0.25) is 0 Å². The minimum absolute atomic E-state index is 0.235. The fourth-order valence-electron chi connectivity index (χ4n) is 2.68. The Morgan fingerprint density at radius 2 is 2.00 bits per heavy atom. The second kappa shape index (κ2) is 5.86. The van der Waals surface area contributed by atoms with Crippen LogP contribution in [0.1, 0.15) is 32.1 Å². The maximum Gasteiger partial charge on any atom is 0.211 e. The molecule has 2 aliphatic rings. The van der Waals surface area contributed by atoms with Crippen LogP contribution in [0.25, 0.3) is 0 Å². The first kappa shape index (κ1) is 14.2. The second-order valence-corrected chi connectivity index (χ2v) is 7.39. The van der Waals surface area contributed by atoms with Crippen molar-refractivity contribution < 1.29 is 13.2 Å². The molecule has 1 aliphatic carbocycles. The first-order valence-electron chi connectivity index (χ1n) is 6.78. The van der Waals surface area contributed by atoms with Gasteiger partial charge in [0, 0.05) is 13.7 Å². The highest BCUT2D eigenvalue weighted by molar-refractivity contribution is 7.89. The summed E-state index contributed by atoms with van der Waals surface area (Å²) in [5.74, 6) is 0.553. The molecule has 6 heteroatoms. The van der Waals surface area contributed by atoms with Gasteiger partial charge in [-0.25, -0.2) is 13.1 Å². The lowest BCUT2D eigenvalue weighted by molar-refractivity contribution is -0.0659. The zero-order valence-electron chi connectivity index (χ0n) is 11.1. The topological polar surface area (TPSA) is 67.4 Å². The number of hydrogen-bond acceptors (Lipinski definition) is 4. The summed E-state index contributed by atoms with van der Waals surface area (Å²) in [5.41, 5.74) is -0.235. The molecule has 2 N–H and O–H groups in total. The number of nitrogens with one attached hydrogen (secondary N) is 2. The Bertz CT molecular complexity index is 354. The summed E-state index contributed by atoms with van der Waals surface area (Å²) in [4.78, 5) is 0. The summed E-state index contributed by atoms with van der Waals surface area (Å²) in [7, 11) is -1.49. The summed E-state index contributed by atoms with van der Waals surface area (Å²) in [6.07, 6.45) is 4.95. The summed E-state index contributed by atoms with van der Waals surface area (Å²) in [5, 5.41) is 3.25. The fraction of sp³-hybridized carbons (Fsp3) is 1.00. The molecule has 1 heterocycles. The van der Waals surface area contributed by atoms with E-state index in [0.717, 1.165) is 45.2 Å². The Morgan fingerprint density at radius 3 is 2.50 bits per heavy atom. The van der Waals surface area contributed by atoms with E-state index in [1.807, 2.05) is 0 Å². The quantitative estimate of drug-likeness (QED) is 0.740. The van der Waals surface area contributed by atoms with E-state index in [1.54, 1.807) is 7.11 Å². The third kappa shape index (κ3) is 3.66. The number of rotatable bonds is 6. The van der Waals surface area contributed by atoms with Crippen LogP contribution in [0, 0.1) is 5.92 Å². The lowest BCUT2D eigenvalue weighted by Gasteiger charge is -2.40. The zero-order chi connectivity index (χ0) is 13.1. The van der Waals surface area contributed by atoms with Crippen molar-refractivity contribution in [3.05, 3.63) is 0 Å². The molecule has 5 nitrogen and oxygen atoms in total. The Labute approximate surface area is 110 Å². The van der Waals surface area contributed by atoms with Crippen LogP contribution in [0.15, 0.2) is 0 Å². The number of piperidine rings is 1. The van der Waals surface area contributed by atoms with Crippen molar-refractivity contribution in [1.82, 2.24) is 10.0 Å². The van der Waals surface area contributed by atoms with Gasteiger partial charge in [0.15, 0.2) is 0 Å². The van der Waals surface area contributed by atoms with Gasteiger partial charge in [0.05, 0.1) is 11.4 Å². The van der Waals surface area contributed by atoms with Crippen LogP contribution >= 0.6 is 0 Å². The van der Waals surface area contributed by atoms with Gasteiger partial charge in [-0.15, -0.1) is 0 Å². The Balaban J connectivity index is 1.79. The van der Waals surface area contributed by atoms with Crippen molar-refractivity contribution in [2.24, 2.45) is 5.92 Å². The summed E-state index contributed by atoms with van der Waals surface area (Å²) >= 11 is 0. The van der Waals surface area contributed by atoms with E-state index in [1.165, 1.54) is 0 Å². The van der Waals surface area contributed by atoms with Crippen molar-refractivity contribution in [3.8, 4) is 0 Å². The molecular formula is C12H24N2O3S. The predicted molar refractivity (Wildman–Crippen MR) is 71.0 cm³/mol. The van der Waals surface area contributed by atoms with Crippen LogP contribution in [-0.4, -0.2) is 46.5 Å². The van der Waals surface area contributed by atoms with Gasteiger partial charge in [0.2, 0.25) is 10.0 Å². The largest absolute Gasteiger partial charge is 0.377 e. The predicted octanol–water partition coefficient (Wildman–Crippen LogP) is 0.475. The van der Waals surface area contributed by atoms with E-state index in [-0.39, 0.29) is 11.4 Å². The standard InChI is InChI=1S/C12H24N2O3S/c1-17-12(5-2-6-12)10-14-18(15,16)9-11-3-7-13-8-4-11/h11,13-14H,2-10H2,1H3. The third-order valence-electron chi connectivity index (χ3n) is 4.23.